The van der Waals surface area contributed by atoms with E-state index in [1.165, 1.54) is 44.5 Å². The van der Waals surface area contributed by atoms with Gasteiger partial charge in [0, 0.05) is 67.7 Å². The molecule has 64 heavy (non-hydrogen) atoms. The van der Waals surface area contributed by atoms with E-state index in [2.05, 4.69) is 249 Å². The van der Waals surface area contributed by atoms with Gasteiger partial charge in [-0.3, -0.25) is 0 Å². The molecule has 2 aliphatic rings. The van der Waals surface area contributed by atoms with Gasteiger partial charge in [-0.2, -0.15) is 0 Å². The number of para-hydroxylation sites is 4. The molecule has 9 aromatic carbocycles. The maximum Gasteiger partial charge on any atom is 0.0465 e. The van der Waals surface area contributed by atoms with Gasteiger partial charge < -0.3 is 20.4 Å². The topological polar surface area (TPSA) is 35.7 Å². The van der Waals surface area contributed by atoms with E-state index in [-0.39, 0.29) is 10.8 Å². The molecule has 0 amide bonds. The number of nitrogens with zero attached hydrogens (tertiary/aromatic N) is 3. The Morgan fingerprint density at radius 1 is 0.266 bits per heavy atom. The van der Waals surface area contributed by atoms with Crippen LogP contribution in [0.4, 0.5) is 56.9 Å². The standard InChI is InChI=1S/C60H50N4/c1-59(2)55-37-47(62(42-17-9-5-10-18-42)43-19-11-6-12-20-43)29-33-51(55)53-35-31-49(39-57(53)59)64(46-27-25-41(61)26-28-46)50-32-36-54-52-34-30-48(38-56(52)60(3,4)58(54)40-50)63(44-21-13-7-14-22-44)45-23-15-8-16-24-45/h5-40H,61H2,1-4H3. The van der Waals surface area contributed by atoms with E-state index < -0.39 is 0 Å². The maximum atomic E-state index is 6.31. The predicted octanol–water partition coefficient (Wildman–Crippen LogP) is 16.3. The van der Waals surface area contributed by atoms with Crippen molar-refractivity contribution in [3.63, 3.8) is 0 Å². The second-order valence-electron chi connectivity index (χ2n) is 18.1. The Hall–Kier alpha value is -7.82. The van der Waals surface area contributed by atoms with Crippen LogP contribution in [0.5, 0.6) is 0 Å². The van der Waals surface area contributed by atoms with E-state index >= 15 is 0 Å². The van der Waals surface area contributed by atoms with Crippen molar-refractivity contribution in [2.45, 2.75) is 38.5 Å². The smallest absolute Gasteiger partial charge is 0.0465 e. The van der Waals surface area contributed by atoms with Gasteiger partial charge >= 0.3 is 0 Å². The molecule has 0 aliphatic heterocycles. The van der Waals surface area contributed by atoms with Gasteiger partial charge in [-0.15, -0.1) is 0 Å². The zero-order valence-electron chi connectivity index (χ0n) is 36.7. The largest absolute Gasteiger partial charge is 0.399 e. The van der Waals surface area contributed by atoms with Crippen LogP contribution in [-0.4, -0.2) is 0 Å². The lowest BCUT2D eigenvalue weighted by atomic mass is 9.81. The van der Waals surface area contributed by atoms with Crippen molar-refractivity contribution in [1.29, 1.82) is 0 Å². The van der Waals surface area contributed by atoms with Gasteiger partial charge in [0.15, 0.2) is 0 Å². The van der Waals surface area contributed by atoms with Gasteiger partial charge in [-0.25, -0.2) is 0 Å². The molecule has 9 aromatic rings. The summed E-state index contributed by atoms with van der Waals surface area (Å²) in [6.07, 6.45) is 0. The molecule has 0 heterocycles. The number of nitrogens with two attached hydrogens (primary N) is 1. The monoisotopic (exact) mass is 826 g/mol. The summed E-state index contributed by atoms with van der Waals surface area (Å²) < 4.78 is 0. The predicted molar refractivity (Wildman–Crippen MR) is 270 cm³/mol. The number of fused-ring (bicyclic) bond motifs is 6. The summed E-state index contributed by atoms with van der Waals surface area (Å²) in [5.74, 6) is 0. The first-order valence-corrected chi connectivity index (χ1v) is 22.2. The van der Waals surface area contributed by atoms with Crippen LogP contribution in [0.25, 0.3) is 22.3 Å². The van der Waals surface area contributed by atoms with Crippen LogP contribution in [0.2, 0.25) is 0 Å². The van der Waals surface area contributed by atoms with E-state index in [9.17, 15) is 0 Å². The molecule has 0 unspecified atom stereocenters. The van der Waals surface area contributed by atoms with Gasteiger partial charge in [0.1, 0.15) is 0 Å². The van der Waals surface area contributed by atoms with Crippen LogP contribution in [-0.2, 0) is 10.8 Å². The summed E-state index contributed by atoms with van der Waals surface area (Å²) in [6, 6.07) is 78.9. The fourth-order valence-electron chi connectivity index (χ4n) is 10.3. The van der Waals surface area contributed by atoms with Crippen LogP contribution in [0, 0.1) is 0 Å². The van der Waals surface area contributed by atoms with Crippen LogP contribution < -0.4 is 20.4 Å². The fourth-order valence-corrected chi connectivity index (χ4v) is 10.3. The molecule has 0 saturated heterocycles. The molecule has 0 aromatic heterocycles. The van der Waals surface area contributed by atoms with Gasteiger partial charge in [0.2, 0.25) is 0 Å². The van der Waals surface area contributed by atoms with Gasteiger partial charge in [-0.1, -0.05) is 125 Å². The van der Waals surface area contributed by atoms with E-state index in [1.807, 2.05) is 12.1 Å². The Kier molecular flexibility index (Phi) is 9.28. The second kappa shape index (κ2) is 15.2. The molecule has 4 nitrogen and oxygen atoms in total. The summed E-state index contributed by atoms with van der Waals surface area (Å²) in [5.41, 5.74) is 27.0. The highest BCUT2D eigenvalue weighted by Gasteiger charge is 2.39. The van der Waals surface area contributed by atoms with Crippen molar-refractivity contribution < 1.29 is 0 Å². The summed E-state index contributed by atoms with van der Waals surface area (Å²) in [6.45, 7) is 9.48. The van der Waals surface area contributed by atoms with E-state index in [0.717, 1.165) is 56.9 Å². The lowest BCUT2D eigenvalue weighted by Crippen LogP contribution is -2.18. The molecular weight excluding hydrogens is 777 g/mol. The van der Waals surface area contributed by atoms with Crippen molar-refractivity contribution in [3.05, 3.63) is 241 Å². The summed E-state index contributed by atoms with van der Waals surface area (Å²) in [7, 11) is 0. The lowest BCUT2D eigenvalue weighted by molar-refractivity contribution is 0.660. The molecule has 0 atom stereocenters. The minimum Gasteiger partial charge on any atom is -0.399 e. The van der Waals surface area contributed by atoms with Crippen molar-refractivity contribution in [1.82, 2.24) is 0 Å². The van der Waals surface area contributed by atoms with Crippen molar-refractivity contribution in [2.75, 3.05) is 20.4 Å². The first-order chi connectivity index (χ1) is 31.2. The highest BCUT2D eigenvalue weighted by molar-refractivity contribution is 5.91. The number of rotatable bonds is 9. The van der Waals surface area contributed by atoms with Crippen LogP contribution in [0.3, 0.4) is 0 Å². The van der Waals surface area contributed by atoms with Crippen LogP contribution in [0.1, 0.15) is 49.9 Å². The van der Waals surface area contributed by atoms with E-state index in [1.54, 1.807) is 0 Å². The minimum atomic E-state index is -0.255. The molecule has 0 bridgehead atoms. The third kappa shape index (κ3) is 6.45. The van der Waals surface area contributed by atoms with Crippen molar-refractivity contribution in [3.8, 4) is 22.3 Å². The fraction of sp³-hybridized carbons (Fsp3) is 0.100. The highest BCUT2D eigenvalue weighted by Crippen LogP contribution is 2.55. The molecule has 2 aliphatic carbocycles. The third-order valence-corrected chi connectivity index (χ3v) is 13.5. The van der Waals surface area contributed by atoms with E-state index in [4.69, 9.17) is 5.73 Å². The summed E-state index contributed by atoms with van der Waals surface area (Å²) in [4.78, 5) is 7.10. The molecule has 2 N–H and O–H groups in total. The molecule has 0 radical (unpaired) electrons. The third-order valence-electron chi connectivity index (χ3n) is 13.5. The zero-order chi connectivity index (χ0) is 43.6. The van der Waals surface area contributed by atoms with Gasteiger partial charge in [0.25, 0.3) is 0 Å². The Morgan fingerprint density at radius 2 is 0.484 bits per heavy atom. The van der Waals surface area contributed by atoms with Crippen molar-refractivity contribution >= 4 is 56.9 Å². The Labute approximate surface area is 377 Å². The Bertz CT molecular complexity index is 2890. The average molecular weight is 827 g/mol. The molecule has 0 spiro atoms. The first kappa shape index (κ1) is 39.1. The number of nitrogen functional groups attached to an aromatic ring is 1. The lowest BCUT2D eigenvalue weighted by Gasteiger charge is -2.30. The Balaban J connectivity index is 0.987. The second-order valence-corrected chi connectivity index (χ2v) is 18.1. The molecule has 0 fully saturated rings. The van der Waals surface area contributed by atoms with Crippen molar-refractivity contribution in [2.24, 2.45) is 0 Å². The number of hydrogen-bond acceptors (Lipinski definition) is 4. The SMILES string of the molecule is CC1(C)c2cc(N(c3ccccc3)c3ccccc3)ccc2-c2ccc(N(c3ccc(N)cc3)c3ccc4c(c3)C(C)(C)c3cc(N(c5ccccc5)c5ccccc5)ccc3-4)cc21. The normalized spacial score (nSPS) is 13.6. The quantitative estimate of drug-likeness (QED) is 0.147. The molecule has 0 saturated carbocycles. The van der Waals surface area contributed by atoms with Gasteiger partial charge in [-0.05, 0) is 166 Å². The number of hydrogen-bond donors (Lipinski definition) is 1. The number of anilines is 10. The molecule has 11 rings (SSSR count). The Morgan fingerprint density at radius 3 is 0.750 bits per heavy atom. The molecular formula is C60H50N4. The first-order valence-electron chi connectivity index (χ1n) is 22.2. The van der Waals surface area contributed by atoms with Gasteiger partial charge in [0.05, 0.1) is 0 Å². The van der Waals surface area contributed by atoms with Crippen LogP contribution in [0.15, 0.2) is 218 Å². The van der Waals surface area contributed by atoms with E-state index in [0.29, 0.717) is 0 Å². The van der Waals surface area contributed by atoms with Crippen LogP contribution >= 0.6 is 0 Å². The average Bonchev–Trinajstić information content (AvgIpc) is 3.69. The molecule has 310 valence electrons. The molecule has 4 heteroatoms. The minimum absolute atomic E-state index is 0.255. The summed E-state index contributed by atoms with van der Waals surface area (Å²) >= 11 is 0. The zero-order valence-corrected chi connectivity index (χ0v) is 36.7. The highest BCUT2D eigenvalue weighted by atomic mass is 15.2. The summed E-state index contributed by atoms with van der Waals surface area (Å²) in [5, 5.41) is 0. The maximum absolute atomic E-state index is 6.31. The number of benzene rings is 9.